The van der Waals surface area contributed by atoms with Gasteiger partial charge in [-0.05, 0) is 82.4 Å². The van der Waals surface area contributed by atoms with E-state index in [0.29, 0.717) is 31.0 Å². The minimum atomic E-state index is -0.405. The molecule has 3 aromatic rings. The second-order valence-corrected chi connectivity index (χ2v) is 10.9. The molecule has 2 aliphatic rings. The van der Waals surface area contributed by atoms with Crippen molar-refractivity contribution >= 4 is 35.8 Å². The highest BCUT2D eigenvalue weighted by Crippen LogP contribution is 2.38. The van der Waals surface area contributed by atoms with E-state index in [9.17, 15) is 4.79 Å². The molecule has 4 heterocycles. The monoisotopic (exact) mass is 514 g/mol. The fourth-order valence-electron chi connectivity index (χ4n) is 4.80. The predicted octanol–water partition coefficient (Wildman–Crippen LogP) is 4.45. The van der Waals surface area contributed by atoms with E-state index in [1.807, 2.05) is 55.3 Å². The lowest BCUT2D eigenvalue weighted by Gasteiger charge is -2.32. The summed E-state index contributed by atoms with van der Waals surface area (Å²) >= 11 is 0. The Labute approximate surface area is 225 Å². The zero-order valence-corrected chi connectivity index (χ0v) is 23.2. The third-order valence-electron chi connectivity index (χ3n) is 7.79. The molecule has 9 heteroatoms. The Bertz CT molecular complexity index is 1360. The van der Waals surface area contributed by atoms with Crippen molar-refractivity contribution in [2.24, 2.45) is 0 Å². The van der Waals surface area contributed by atoms with Crippen LogP contribution in [0.5, 0.6) is 5.75 Å². The lowest BCUT2D eigenvalue weighted by molar-refractivity contribution is 0.00578. The SMILES string of the molecule is CCN1c2ncc(CCOc3ccc(B4OC(C)(C)C(C)(C)O4)cc3C)cc2C(=O)N(C)c2cccnc21. The second-order valence-electron chi connectivity index (χ2n) is 10.9. The van der Waals surface area contributed by atoms with Gasteiger partial charge in [0.15, 0.2) is 5.82 Å². The molecule has 1 aromatic carbocycles. The lowest BCUT2D eigenvalue weighted by atomic mass is 9.78. The number of carbonyl (C=O) groups is 1. The molecule has 0 unspecified atom stereocenters. The van der Waals surface area contributed by atoms with Gasteiger partial charge in [0, 0.05) is 32.4 Å². The Hall–Kier alpha value is -3.43. The first-order chi connectivity index (χ1) is 18.0. The van der Waals surface area contributed by atoms with Crippen molar-refractivity contribution in [3.05, 3.63) is 65.5 Å². The van der Waals surface area contributed by atoms with E-state index < -0.39 is 7.12 Å². The number of amides is 1. The summed E-state index contributed by atoms with van der Waals surface area (Å²) in [6.45, 7) is 13.4. The van der Waals surface area contributed by atoms with Gasteiger partial charge in [0.1, 0.15) is 11.6 Å². The van der Waals surface area contributed by atoms with Crippen molar-refractivity contribution in [2.75, 3.05) is 30.0 Å². The molecule has 5 rings (SSSR count). The standard InChI is InChI=1S/C29H35BN4O4/c1-8-34-25-22(27(35)33(7)23-10-9-14-31-26(23)34)17-20(18-32-25)13-15-36-24-12-11-21(16-19(24)2)30-37-28(3,4)29(5,6)38-30/h9-12,14,16-18H,8,13,15H2,1-7H3. The van der Waals surface area contributed by atoms with Crippen LogP contribution in [-0.4, -0.2) is 54.4 Å². The van der Waals surface area contributed by atoms with E-state index in [0.717, 1.165) is 33.8 Å². The number of fused-ring (bicyclic) bond motifs is 2. The third kappa shape index (κ3) is 4.54. The number of ether oxygens (including phenoxy) is 1. The molecule has 198 valence electrons. The Morgan fingerprint density at radius 3 is 2.45 bits per heavy atom. The largest absolute Gasteiger partial charge is 0.494 e. The molecule has 38 heavy (non-hydrogen) atoms. The highest BCUT2D eigenvalue weighted by atomic mass is 16.7. The topological polar surface area (TPSA) is 77.0 Å². The summed E-state index contributed by atoms with van der Waals surface area (Å²) in [5.41, 5.74) is 3.49. The number of nitrogens with zero attached hydrogens (tertiary/aromatic N) is 4. The number of carbonyl (C=O) groups excluding carboxylic acids is 1. The predicted molar refractivity (Wildman–Crippen MR) is 150 cm³/mol. The summed E-state index contributed by atoms with van der Waals surface area (Å²) in [4.78, 5) is 26.2. The number of aromatic nitrogens is 2. The summed E-state index contributed by atoms with van der Waals surface area (Å²) < 4.78 is 18.5. The molecule has 1 amide bonds. The molecule has 2 aliphatic heterocycles. The zero-order valence-electron chi connectivity index (χ0n) is 23.2. The summed E-state index contributed by atoms with van der Waals surface area (Å²) in [5.74, 6) is 2.06. The van der Waals surface area contributed by atoms with Gasteiger partial charge in [0.05, 0.1) is 29.1 Å². The van der Waals surface area contributed by atoms with Gasteiger partial charge in [-0.3, -0.25) is 4.79 Å². The van der Waals surface area contributed by atoms with E-state index in [1.165, 1.54) is 0 Å². The second kappa shape index (κ2) is 9.71. The molecular weight excluding hydrogens is 479 g/mol. The molecule has 0 N–H and O–H groups in total. The van der Waals surface area contributed by atoms with Crippen LogP contribution in [0.2, 0.25) is 0 Å². The van der Waals surface area contributed by atoms with Gasteiger partial charge in [0.2, 0.25) is 0 Å². The van der Waals surface area contributed by atoms with Crippen molar-refractivity contribution in [2.45, 2.75) is 59.2 Å². The fourth-order valence-corrected chi connectivity index (χ4v) is 4.80. The maximum atomic E-state index is 13.4. The molecule has 8 nitrogen and oxygen atoms in total. The molecule has 2 aromatic heterocycles. The highest BCUT2D eigenvalue weighted by Gasteiger charge is 2.51. The van der Waals surface area contributed by atoms with Crippen molar-refractivity contribution in [1.29, 1.82) is 0 Å². The summed E-state index contributed by atoms with van der Waals surface area (Å²) in [6, 6.07) is 11.7. The van der Waals surface area contributed by atoms with Gasteiger partial charge in [-0.1, -0.05) is 12.1 Å². The first-order valence-corrected chi connectivity index (χ1v) is 13.1. The van der Waals surface area contributed by atoms with Crippen LogP contribution in [0.15, 0.2) is 48.8 Å². The van der Waals surface area contributed by atoms with Crippen LogP contribution in [0.4, 0.5) is 17.3 Å². The van der Waals surface area contributed by atoms with E-state index in [2.05, 4.69) is 38.7 Å². The molecule has 1 fully saturated rings. The number of anilines is 3. The van der Waals surface area contributed by atoms with Gasteiger partial charge in [-0.25, -0.2) is 9.97 Å². The minimum absolute atomic E-state index is 0.102. The Morgan fingerprint density at radius 1 is 1.03 bits per heavy atom. The summed E-state index contributed by atoms with van der Waals surface area (Å²) in [6.07, 6.45) is 4.17. The van der Waals surface area contributed by atoms with Crippen LogP contribution in [0.1, 0.15) is 56.1 Å². The Morgan fingerprint density at radius 2 is 1.76 bits per heavy atom. The van der Waals surface area contributed by atoms with E-state index >= 15 is 0 Å². The third-order valence-corrected chi connectivity index (χ3v) is 7.79. The maximum absolute atomic E-state index is 13.4. The van der Waals surface area contributed by atoms with Crippen LogP contribution in [-0.2, 0) is 15.7 Å². The number of hydrogen-bond acceptors (Lipinski definition) is 7. The van der Waals surface area contributed by atoms with Crippen LogP contribution in [0.25, 0.3) is 0 Å². The molecule has 0 spiro atoms. The summed E-state index contributed by atoms with van der Waals surface area (Å²) in [7, 11) is 1.37. The van der Waals surface area contributed by atoms with Crippen LogP contribution >= 0.6 is 0 Å². The van der Waals surface area contributed by atoms with E-state index in [-0.39, 0.29) is 17.1 Å². The lowest BCUT2D eigenvalue weighted by Crippen LogP contribution is -2.41. The number of hydrogen-bond donors (Lipinski definition) is 0. The minimum Gasteiger partial charge on any atom is -0.493 e. The van der Waals surface area contributed by atoms with Gasteiger partial charge in [-0.15, -0.1) is 0 Å². The number of benzene rings is 1. The smallest absolute Gasteiger partial charge is 0.493 e. The van der Waals surface area contributed by atoms with Gasteiger partial charge >= 0.3 is 7.12 Å². The Kier molecular flexibility index (Phi) is 6.69. The molecular formula is C29H35BN4O4. The molecule has 1 saturated heterocycles. The quantitative estimate of drug-likeness (QED) is 0.450. The Balaban J connectivity index is 1.29. The maximum Gasteiger partial charge on any atom is 0.494 e. The number of rotatable bonds is 6. The van der Waals surface area contributed by atoms with Crippen molar-refractivity contribution in [1.82, 2.24) is 9.97 Å². The molecule has 0 radical (unpaired) electrons. The van der Waals surface area contributed by atoms with Crippen LogP contribution in [0.3, 0.4) is 0 Å². The fraction of sp³-hybridized carbons (Fsp3) is 0.414. The number of aryl methyl sites for hydroxylation is 1. The summed E-state index contributed by atoms with van der Waals surface area (Å²) in [5, 5.41) is 0. The van der Waals surface area contributed by atoms with Gasteiger partial charge < -0.3 is 23.8 Å². The molecule has 0 bridgehead atoms. The van der Waals surface area contributed by atoms with Gasteiger partial charge in [-0.2, -0.15) is 0 Å². The average Bonchev–Trinajstić information content (AvgIpc) is 3.06. The highest BCUT2D eigenvalue weighted by molar-refractivity contribution is 6.62. The first-order valence-electron chi connectivity index (χ1n) is 13.1. The average molecular weight is 514 g/mol. The van der Waals surface area contributed by atoms with Crippen LogP contribution in [0, 0.1) is 6.92 Å². The van der Waals surface area contributed by atoms with Gasteiger partial charge in [0.25, 0.3) is 5.91 Å². The van der Waals surface area contributed by atoms with Crippen molar-refractivity contribution < 1.29 is 18.8 Å². The number of pyridine rings is 2. The molecule has 0 atom stereocenters. The van der Waals surface area contributed by atoms with Crippen LogP contribution < -0.4 is 20.0 Å². The molecule has 0 aliphatic carbocycles. The van der Waals surface area contributed by atoms with Crippen molar-refractivity contribution in [3.8, 4) is 5.75 Å². The van der Waals surface area contributed by atoms with Crippen molar-refractivity contribution in [3.63, 3.8) is 0 Å². The van der Waals surface area contributed by atoms with E-state index in [1.54, 1.807) is 18.1 Å². The first kappa shape index (κ1) is 26.2. The molecule has 0 saturated carbocycles. The zero-order chi connectivity index (χ0) is 27.2. The van der Waals surface area contributed by atoms with E-state index in [4.69, 9.17) is 19.0 Å². The normalized spacial score (nSPS) is 17.8.